The summed E-state index contributed by atoms with van der Waals surface area (Å²) in [7, 11) is 1.82. The van der Waals surface area contributed by atoms with Crippen LogP contribution in [-0.4, -0.2) is 29.9 Å². The first-order valence-electron chi connectivity index (χ1n) is 9.02. The molecule has 0 radical (unpaired) electrons. The predicted octanol–water partition coefficient (Wildman–Crippen LogP) is 3.09. The van der Waals surface area contributed by atoms with Gasteiger partial charge in [0.05, 0.1) is 5.56 Å². The van der Waals surface area contributed by atoms with Crippen molar-refractivity contribution < 1.29 is 9.59 Å². The Hall–Kier alpha value is -2.89. The molecule has 1 heterocycles. The zero-order valence-corrected chi connectivity index (χ0v) is 14.7. The van der Waals surface area contributed by atoms with E-state index in [2.05, 4.69) is 15.6 Å². The quantitative estimate of drug-likeness (QED) is 0.839. The Balaban J connectivity index is 1.37. The van der Waals surface area contributed by atoms with E-state index >= 15 is 0 Å². The number of anilines is 3. The normalized spacial score (nSPS) is 16.0. The monoisotopic (exact) mass is 350 g/mol. The van der Waals surface area contributed by atoms with Crippen LogP contribution >= 0.6 is 0 Å². The largest absolute Gasteiger partial charge is 0.349 e. The lowest BCUT2D eigenvalue weighted by atomic mass is 10.2. The number of nitrogens with one attached hydrogen (secondary N) is 2. The number of nitrogens with zero attached hydrogens (tertiary/aromatic N) is 2. The molecule has 1 aromatic carbocycles. The number of amides is 2. The van der Waals surface area contributed by atoms with E-state index in [0.29, 0.717) is 17.4 Å². The molecule has 6 nitrogen and oxygen atoms in total. The second-order valence-electron chi connectivity index (χ2n) is 7.02. The Bertz CT molecular complexity index is 809. The Kier molecular flexibility index (Phi) is 4.32. The van der Waals surface area contributed by atoms with Gasteiger partial charge < -0.3 is 15.5 Å². The molecule has 134 valence electrons. The molecule has 2 saturated carbocycles. The Labute approximate surface area is 152 Å². The average Bonchev–Trinajstić information content (AvgIpc) is 3.55. The minimum absolute atomic E-state index is 0.0701. The van der Waals surface area contributed by atoms with Crippen LogP contribution in [0.2, 0.25) is 0 Å². The molecular weight excluding hydrogens is 328 g/mol. The van der Waals surface area contributed by atoms with Crippen LogP contribution in [0.4, 0.5) is 17.2 Å². The van der Waals surface area contributed by atoms with Crippen molar-refractivity contribution in [2.45, 2.75) is 31.7 Å². The number of benzene rings is 1. The summed E-state index contributed by atoms with van der Waals surface area (Å²) in [5.41, 5.74) is 2.33. The number of hydrogen-bond acceptors (Lipinski definition) is 4. The molecule has 2 fully saturated rings. The summed E-state index contributed by atoms with van der Waals surface area (Å²) in [6.45, 7) is 0. The number of pyridine rings is 1. The SMILES string of the molecule is CN(C(=O)C1CC1)c1ccc(Nc2ccc(C(=O)NC3CC3)cn2)cc1. The van der Waals surface area contributed by atoms with Crippen LogP contribution in [0.3, 0.4) is 0 Å². The van der Waals surface area contributed by atoms with Gasteiger partial charge in [-0.15, -0.1) is 0 Å². The zero-order chi connectivity index (χ0) is 18.1. The highest BCUT2D eigenvalue weighted by atomic mass is 16.2. The van der Waals surface area contributed by atoms with Crippen LogP contribution in [0.5, 0.6) is 0 Å². The Morgan fingerprint density at radius 1 is 1.04 bits per heavy atom. The molecule has 1 aromatic heterocycles. The van der Waals surface area contributed by atoms with Crippen molar-refractivity contribution in [1.82, 2.24) is 10.3 Å². The van der Waals surface area contributed by atoms with Crippen molar-refractivity contribution in [3.63, 3.8) is 0 Å². The minimum atomic E-state index is -0.0701. The molecular formula is C20H22N4O2. The Morgan fingerprint density at radius 2 is 1.77 bits per heavy atom. The molecule has 0 aliphatic heterocycles. The summed E-state index contributed by atoms with van der Waals surface area (Å²) in [6.07, 6.45) is 5.72. The van der Waals surface area contributed by atoms with Gasteiger partial charge in [0.15, 0.2) is 0 Å². The highest BCUT2D eigenvalue weighted by Gasteiger charge is 2.32. The van der Waals surface area contributed by atoms with E-state index in [1.807, 2.05) is 31.3 Å². The van der Waals surface area contributed by atoms with Crippen LogP contribution < -0.4 is 15.5 Å². The minimum Gasteiger partial charge on any atom is -0.349 e. The third kappa shape index (κ3) is 3.85. The summed E-state index contributed by atoms with van der Waals surface area (Å²) < 4.78 is 0. The van der Waals surface area contributed by atoms with Gasteiger partial charge in [0, 0.05) is 36.6 Å². The van der Waals surface area contributed by atoms with E-state index < -0.39 is 0 Å². The topological polar surface area (TPSA) is 74.3 Å². The highest BCUT2D eigenvalue weighted by Crippen LogP contribution is 2.32. The van der Waals surface area contributed by atoms with Crippen LogP contribution in [0.15, 0.2) is 42.6 Å². The van der Waals surface area contributed by atoms with Gasteiger partial charge >= 0.3 is 0 Å². The van der Waals surface area contributed by atoms with Crippen molar-refractivity contribution in [3.8, 4) is 0 Å². The molecule has 2 aliphatic rings. The second kappa shape index (κ2) is 6.78. The van der Waals surface area contributed by atoms with E-state index in [4.69, 9.17) is 0 Å². The van der Waals surface area contributed by atoms with Gasteiger partial charge in [-0.25, -0.2) is 4.98 Å². The summed E-state index contributed by atoms with van der Waals surface area (Å²) in [4.78, 5) is 30.1. The lowest BCUT2D eigenvalue weighted by Gasteiger charge is -2.17. The lowest BCUT2D eigenvalue weighted by Crippen LogP contribution is -2.27. The smallest absolute Gasteiger partial charge is 0.253 e. The number of rotatable bonds is 6. The molecule has 26 heavy (non-hydrogen) atoms. The van der Waals surface area contributed by atoms with E-state index in [1.54, 1.807) is 23.2 Å². The van der Waals surface area contributed by atoms with Gasteiger partial charge in [-0.2, -0.15) is 0 Å². The molecule has 2 aromatic rings. The molecule has 0 unspecified atom stereocenters. The molecule has 2 amide bonds. The Morgan fingerprint density at radius 3 is 2.35 bits per heavy atom. The summed E-state index contributed by atoms with van der Waals surface area (Å²) >= 11 is 0. The van der Waals surface area contributed by atoms with Crippen molar-refractivity contribution in [3.05, 3.63) is 48.2 Å². The fraction of sp³-hybridized carbons (Fsp3) is 0.350. The third-order valence-electron chi connectivity index (χ3n) is 4.72. The first-order valence-corrected chi connectivity index (χ1v) is 9.02. The molecule has 6 heteroatoms. The van der Waals surface area contributed by atoms with Crippen molar-refractivity contribution in [2.75, 3.05) is 17.3 Å². The molecule has 2 aliphatic carbocycles. The van der Waals surface area contributed by atoms with Gasteiger partial charge in [0.25, 0.3) is 5.91 Å². The van der Waals surface area contributed by atoms with E-state index in [9.17, 15) is 9.59 Å². The number of hydrogen-bond donors (Lipinski definition) is 2. The first-order chi connectivity index (χ1) is 12.6. The fourth-order valence-corrected chi connectivity index (χ4v) is 2.75. The van der Waals surface area contributed by atoms with Crippen LogP contribution in [0.1, 0.15) is 36.0 Å². The van der Waals surface area contributed by atoms with Crippen molar-refractivity contribution in [1.29, 1.82) is 0 Å². The molecule has 4 rings (SSSR count). The first kappa shape index (κ1) is 16.6. The molecule has 0 saturated heterocycles. The summed E-state index contributed by atoms with van der Waals surface area (Å²) in [5.74, 6) is 0.993. The third-order valence-corrected chi connectivity index (χ3v) is 4.72. The maximum Gasteiger partial charge on any atom is 0.253 e. The summed E-state index contributed by atoms with van der Waals surface area (Å²) in [6, 6.07) is 11.6. The van der Waals surface area contributed by atoms with Gasteiger partial charge in [-0.05, 0) is 62.1 Å². The van der Waals surface area contributed by atoms with Gasteiger partial charge in [0.1, 0.15) is 5.82 Å². The fourth-order valence-electron chi connectivity index (χ4n) is 2.75. The van der Waals surface area contributed by atoms with Gasteiger partial charge in [-0.1, -0.05) is 0 Å². The predicted molar refractivity (Wildman–Crippen MR) is 101 cm³/mol. The molecule has 0 spiro atoms. The molecule has 0 atom stereocenters. The van der Waals surface area contributed by atoms with E-state index in [0.717, 1.165) is 37.1 Å². The van der Waals surface area contributed by atoms with Crippen LogP contribution in [0, 0.1) is 5.92 Å². The summed E-state index contributed by atoms with van der Waals surface area (Å²) in [5, 5.41) is 6.15. The van der Waals surface area contributed by atoms with Crippen molar-refractivity contribution in [2.24, 2.45) is 5.92 Å². The van der Waals surface area contributed by atoms with Crippen LogP contribution in [0.25, 0.3) is 0 Å². The highest BCUT2D eigenvalue weighted by molar-refractivity contribution is 5.96. The average molecular weight is 350 g/mol. The maximum absolute atomic E-state index is 12.1. The van der Waals surface area contributed by atoms with Gasteiger partial charge in [0.2, 0.25) is 5.91 Å². The molecule has 0 bridgehead atoms. The van der Waals surface area contributed by atoms with E-state index in [1.165, 1.54) is 0 Å². The van der Waals surface area contributed by atoms with E-state index in [-0.39, 0.29) is 17.7 Å². The lowest BCUT2D eigenvalue weighted by molar-refractivity contribution is -0.119. The number of carbonyl (C=O) groups excluding carboxylic acids is 2. The van der Waals surface area contributed by atoms with Crippen LogP contribution in [-0.2, 0) is 4.79 Å². The standard InChI is InChI=1S/C20H22N4O2/c1-24(20(26)13-2-3-13)17-9-7-15(8-10-17)22-18-11-4-14(12-21-18)19(25)23-16-5-6-16/h4,7-13,16H,2-3,5-6H2,1H3,(H,21,22)(H,23,25). The van der Waals surface area contributed by atoms with Gasteiger partial charge in [-0.3, -0.25) is 9.59 Å². The second-order valence-corrected chi connectivity index (χ2v) is 7.02. The van der Waals surface area contributed by atoms with Crippen molar-refractivity contribution >= 4 is 29.0 Å². The number of carbonyl (C=O) groups is 2. The maximum atomic E-state index is 12.1. The molecule has 2 N–H and O–H groups in total. The zero-order valence-electron chi connectivity index (χ0n) is 14.7. The number of aromatic nitrogens is 1.